The summed E-state index contributed by atoms with van der Waals surface area (Å²) in [4.78, 5) is 11.9. The van der Waals surface area contributed by atoms with Gasteiger partial charge in [-0.3, -0.25) is 4.79 Å². The lowest BCUT2D eigenvalue weighted by atomic mass is 9.75. The molecular weight excluding hydrogens is 164 g/mol. The molecule has 0 aromatic carbocycles. The van der Waals surface area contributed by atoms with E-state index in [0.29, 0.717) is 24.7 Å². The highest BCUT2D eigenvalue weighted by Gasteiger charge is 2.45. The van der Waals surface area contributed by atoms with Crippen molar-refractivity contribution in [2.45, 2.75) is 39.5 Å². The van der Waals surface area contributed by atoms with Gasteiger partial charge < -0.3 is 4.74 Å². The Morgan fingerprint density at radius 3 is 2.69 bits per heavy atom. The first-order chi connectivity index (χ1) is 6.17. The van der Waals surface area contributed by atoms with Gasteiger partial charge in [0.05, 0.1) is 12.0 Å². The third-order valence-corrected chi connectivity index (χ3v) is 3.48. The van der Waals surface area contributed by atoms with Gasteiger partial charge in [-0.15, -0.1) is 0 Å². The molecule has 76 valence electrons. The molecule has 2 heteroatoms. The zero-order chi connectivity index (χ0) is 9.90. The first kappa shape index (κ1) is 10.7. The van der Waals surface area contributed by atoms with Gasteiger partial charge in [0.25, 0.3) is 0 Å². The number of carbonyl (C=O) groups is 1. The molecule has 0 spiro atoms. The Bertz CT molecular complexity index is 189. The molecule has 1 fully saturated rings. The van der Waals surface area contributed by atoms with Crippen molar-refractivity contribution < 1.29 is 9.53 Å². The molecule has 1 aliphatic rings. The molecule has 0 aromatic heterocycles. The van der Waals surface area contributed by atoms with Crippen LogP contribution in [-0.2, 0) is 9.53 Å². The van der Waals surface area contributed by atoms with Gasteiger partial charge in [0.2, 0.25) is 0 Å². The zero-order valence-electron chi connectivity index (χ0n) is 8.93. The first-order valence-corrected chi connectivity index (χ1v) is 5.19. The highest BCUT2D eigenvalue weighted by Crippen LogP contribution is 2.44. The van der Waals surface area contributed by atoms with Gasteiger partial charge in [-0.25, -0.2) is 0 Å². The largest absolute Gasteiger partial charge is 0.384 e. The number of rotatable bonds is 4. The minimum absolute atomic E-state index is 0.149. The van der Waals surface area contributed by atoms with Crippen LogP contribution in [0.4, 0.5) is 0 Å². The zero-order valence-corrected chi connectivity index (χ0v) is 8.93. The molecule has 1 rings (SSSR count). The van der Waals surface area contributed by atoms with Crippen LogP contribution in [0, 0.1) is 11.3 Å². The van der Waals surface area contributed by atoms with Crippen molar-refractivity contribution in [3.8, 4) is 0 Å². The first-order valence-electron chi connectivity index (χ1n) is 5.19. The summed E-state index contributed by atoms with van der Waals surface area (Å²) in [6.07, 6.45) is 4.02. The fourth-order valence-electron chi connectivity index (χ4n) is 2.57. The quantitative estimate of drug-likeness (QED) is 0.670. The summed E-state index contributed by atoms with van der Waals surface area (Å²) in [7, 11) is 1.69. The van der Waals surface area contributed by atoms with Gasteiger partial charge >= 0.3 is 0 Å². The molecule has 2 unspecified atom stereocenters. The van der Waals surface area contributed by atoms with Gasteiger partial charge in [-0.2, -0.15) is 0 Å². The number of carbonyl (C=O) groups excluding carboxylic acids is 1. The van der Waals surface area contributed by atoms with E-state index in [2.05, 4.69) is 6.92 Å². The van der Waals surface area contributed by atoms with E-state index < -0.39 is 0 Å². The second kappa shape index (κ2) is 4.23. The maximum atomic E-state index is 11.9. The fraction of sp³-hybridized carbons (Fsp3) is 0.909. The Morgan fingerprint density at radius 2 is 2.31 bits per heavy atom. The minimum Gasteiger partial charge on any atom is -0.384 e. The predicted molar refractivity (Wildman–Crippen MR) is 52.6 cm³/mol. The van der Waals surface area contributed by atoms with Crippen molar-refractivity contribution >= 4 is 5.78 Å². The minimum atomic E-state index is -0.149. The molecule has 2 nitrogen and oxygen atoms in total. The maximum absolute atomic E-state index is 11.9. The number of hydrogen-bond donors (Lipinski definition) is 0. The van der Waals surface area contributed by atoms with Crippen LogP contribution >= 0.6 is 0 Å². The smallest absolute Gasteiger partial charge is 0.141 e. The number of hydrogen-bond acceptors (Lipinski definition) is 2. The molecule has 0 N–H and O–H groups in total. The van der Waals surface area contributed by atoms with E-state index in [1.54, 1.807) is 7.11 Å². The monoisotopic (exact) mass is 184 g/mol. The molecule has 0 radical (unpaired) electrons. The van der Waals surface area contributed by atoms with Gasteiger partial charge in [0.1, 0.15) is 5.78 Å². The van der Waals surface area contributed by atoms with Gasteiger partial charge in [-0.1, -0.05) is 20.3 Å². The molecule has 0 saturated heterocycles. The van der Waals surface area contributed by atoms with Crippen LogP contribution in [0.3, 0.4) is 0 Å². The summed E-state index contributed by atoms with van der Waals surface area (Å²) in [5.74, 6) is 0.888. The lowest BCUT2D eigenvalue weighted by molar-refractivity contribution is -0.133. The van der Waals surface area contributed by atoms with Gasteiger partial charge in [0, 0.05) is 13.5 Å². The highest BCUT2D eigenvalue weighted by molar-refractivity contribution is 5.85. The Hall–Kier alpha value is -0.370. The van der Waals surface area contributed by atoms with Crippen LogP contribution in [0.25, 0.3) is 0 Å². The summed E-state index contributed by atoms with van der Waals surface area (Å²) >= 11 is 0. The topological polar surface area (TPSA) is 26.3 Å². The molecule has 0 aliphatic heterocycles. The summed E-state index contributed by atoms with van der Waals surface area (Å²) < 4.78 is 5.20. The maximum Gasteiger partial charge on any atom is 0.141 e. The Balaban J connectivity index is 2.79. The standard InChI is InChI=1S/C11H20O2/c1-4-10(12)11(8-13-3)7-5-6-9(11)2/h9H,4-8H2,1-3H3. The molecular formula is C11H20O2. The Labute approximate surface area is 80.7 Å². The van der Waals surface area contributed by atoms with Crippen molar-refractivity contribution in [1.82, 2.24) is 0 Å². The highest BCUT2D eigenvalue weighted by atomic mass is 16.5. The molecule has 13 heavy (non-hydrogen) atoms. The van der Waals surface area contributed by atoms with E-state index in [1.165, 1.54) is 12.8 Å². The summed E-state index contributed by atoms with van der Waals surface area (Å²) in [6.45, 7) is 4.74. The lowest BCUT2D eigenvalue weighted by Crippen LogP contribution is -2.37. The van der Waals surface area contributed by atoms with Crippen molar-refractivity contribution in [3.63, 3.8) is 0 Å². The van der Waals surface area contributed by atoms with Crippen molar-refractivity contribution in [1.29, 1.82) is 0 Å². The Kier molecular flexibility index (Phi) is 3.48. The molecule has 1 aliphatic carbocycles. The fourth-order valence-corrected chi connectivity index (χ4v) is 2.57. The normalized spacial score (nSPS) is 33.6. The molecule has 2 atom stereocenters. The van der Waals surface area contributed by atoms with Gasteiger partial charge in [0.15, 0.2) is 0 Å². The summed E-state index contributed by atoms with van der Waals surface area (Å²) in [5.41, 5.74) is -0.149. The number of Topliss-reactive ketones (excluding diaryl/α,β-unsaturated/α-hetero) is 1. The second-order valence-electron chi connectivity index (χ2n) is 4.16. The summed E-state index contributed by atoms with van der Waals surface area (Å²) in [6, 6.07) is 0. The van der Waals surface area contributed by atoms with Crippen LogP contribution < -0.4 is 0 Å². The SMILES string of the molecule is CCC(=O)C1(COC)CCCC1C. The predicted octanol–water partition coefficient (Wildman–Crippen LogP) is 2.42. The molecule has 0 amide bonds. The molecule has 0 aromatic rings. The molecule has 0 bridgehead atoms. The van der Waals surface area contributed by atoms with Crippen molar-refractivity contribution in [2.75, 3.05) is 13.7 Å². The van der Waals surface area contributed by atoms with Crippen LogP contribution in [0.5, 0.6) is 0 Å². The van der Waals surface area contributed by atoms with Crippen LogP contribution in [0.1, 0.15) is 39.5 Å². The van der Waals surface area contributed by atoms with Crippen LogP contribution in [0.2, 0.25) is 0 Å². The molecule has 0 heterocycles. The average Bonchev–Trinajstić information content (AvgIpc) is 2.48. The van der Waals surface area contributed by atoms with Crippen LogP contribution in [-0.4, -0.2) is 19.5 Å². The average molecular weight is 184 g/mol. The van der Waals surface area contributed by atoms with E-state index >= 15 is 0 Å². The number of methoxy groups -OCH3 is 1. The van der Waals surface area contributed by atoms with Crippen molar-refractivity contribution in [2.24, 2.45) is 11.3 Å². The third-order valence-electron chi connectivity index (χ3n) is 3.48. The second-order valence-corrected chi connectivity index (χ2v) is 4.16. The summed E-state index contributed by atoms with van der Waals surface area (Å²) in [5, 5.41) is 0. The van der Waals surface area contributed by atoms with E-state index in [1.807, 2.05) is 6.92 Å². The number of ether oxygens (including phenoxy) is 1. The molecule has 1 saturated carbocycles. The number of ketones is 1. The van der Waals surface area contributed by atoms with E-state index in [9.17, 15) is 4.79 Å². The van der Waals surface area contributed by atoms with E-state index in [0.717, 1.165) is 6.42 Å². The van der Waals surface area contributed by atoms with Crippen molar-refractivity contribution in [3.05, 3.63) is 0 Å². The van der Waals surface area contributed by atoms with E-state index in [4.69, 9.17) is 4.74 Å². The Morgan fingerprint density at radius 1 is 1.62 bits per heavy atom. The van der Waals surface area contributed by atoms with E-state index in [-0.39, 0.29) is 5.41 Å². The lowest BCUT2D eigenvalue weighted by Gasteiger charge is -2.31. The van der Waals surface area contributed by atoms with Crippen LogP contribution in [0.15, 0.2) is 0 Å². The third kappa shape index (κ3) is 1.78. The van der Waals surface area contributed by atoms with Gasteiger partial charge in [-0.05, 0) is 18.8 Å².